The van der Waals surface area contributed by atoms with Crippen LogP contribution in [-0.2, 0) is 0 Å². The van der Waals surface area contributed by atoms with Gasteiger partial charge in [-0.15, -0.1) is 0 Å². The molecule has 0 radical (unpaired) electrons. The lowest BCUT2D eigenvalue weighted by atomic mass is 9.93. The second-order valence-corrected chi connectivity index (χ2v) is 4.80. The van der Waals surface area contributed by atoms with Crippen LogP contribution in [0, 0.1) is 0 Å². The predicted octanol–water partition coefficient (Wildman–Crippen LogP) is -6.38. The Morgan fingerprint density at radius 1 is 0.733 bits per heavy atom. The van der Waals surface area contributed by atoms with E-state index in [0.29, 0.717) is 0 Å². The van der Waals surface area contributed by atoms with Gasteiger partial charge in [0, 0.05) is 0 Å². The number of halogens is 2. The standard InChI is InChI=1S/C11H22N2.2ClH/c1-3-7-12-10(5-1)9-11-6-2-4-8-13-11;;/h10-13H,1-9H2;2*1H. The quantitative estimate of drug-likeness (QED) is 0.492. The van der Waals surface area contributed by atoms with Crippen molar-refractivity contribution in [3.63, 3.8) is 0 Å². The molecule has 2 rings (SSSR count). The van der Waals surface area contributed by atoms with Crippen LogP contribution in [0.25, 0.3) is 0 Å². The van der Waals surface area contributed by atoms with Crippen LogP contribution in [0.3, 0.4) is 0 Å². The first-order chi connectivity index (χ1) is 6.45. The van der Waals surface area contributed by atoms with Crippen LogP contribution in [0.15, 0.2) is 0 Å². The monoisotopic (exact) mass is 254 g/mol. The summed E-state index contributed by atoms with van der Waals surface area (Å²) in [6.45, 7) is 2.77. The molecule has 2 atom stereocenters. The van der Waals surface area contributed by atoms with Gasteiger partial charge in [0.15, 0.2) is 0 Å². The molecule has 2 fully saturated rings. The van der Waals surface area contributed by atoms with E-state index in [1.54, 1.807) is 0 Å². The van der Waals surface area contributed by atoms with Gasteiger partial charge in [-0.25, -0.2) is 0 Å². The summed E-state index contributed by atoms with van der Waals surface area (Å²) in [4.78, 5) is 0. The summed E-state index contributed by atoms with van der Waals surface area (Å²) in [5.74, 6) is 0. The summed E-state index contributed by atoms with van der Waals surface area (Å²) in [5.41, 5.74) is 0. The average molecular weight is 255 g/mol. The minimum absolute atomic E-state index is 0. The van der Waals surface area contributed by atoms with E-state index in [4.69, 9.17) is 0 Å². The Morgan fingerprint density at radius 3 is 1.53 bits per heavy atom. The van der Waals surface area contributed by atoms with Gasteiger partial charge in [0.1, 0.15) is 0 Å². The van der Waals surface area contributed by atoms with Gasteiger partial charge in [0.25, 0.3) is 0 Å². The molecule has 2 heterocycles. The first kappa shape index (κ1) is 15.5. The minimum Gasteiger partial charge on any atom is -1.00 e. The largest absolute Gasteiger partial charge is 1.00 e. The van der Waals surface area contributed by atoms with Crippen LogP contribution in [-0.4, -0.2) is 25.2 Å². The molecule has 4 heteroatoms. The second-order valence-electron chi connectivity index (χ2n) is 4.80. The lowest BCUT2D eigenvalue weighted by Crippen LogP contribution is -3.00. The Morgan fingerprint density at radius 2 is 1.20 bits per heavy atom. The van der Waals surface area contributed by atoms with Crippen LogP contribution in [0.1, 0.15) is 44.9 Å². The highest BCUT2D eigenvalue weighted by molar-refractivity contribution is 4.67. The topological polar surface area (TPSA) is 33.2 Å². The minimum atomic E-state index is 0. The molecule has 0 aliphatic carbocycles. The van der Waals surface area contributed by atoms with Gasteiger partial charge in [0.2, 0.25) is 0 Å². The van der Waals surface area contributed by atoms with Crippen molar-refractivity contribution < 1.29 is 35.4 Å². The highest BCUT2D eigenvalue weighted by Crippen LogP contribution is 2.10. The van der Waals surface area contributed by atoms with Gasteiger partial charge in [-0.3, -0.25) is 0 Å². The van der Waals surface area contributed by atoms with Crippen molar-refractivity contribution >= 4 is 0 Å². The number of nitrogens with two attached hydrogens (primary N) is 2. The Kier molecular flexibility index (Phi) is 8.92. The molecule has 2 saturated heterocycles. The van der Waals surface area contributed by atoms with Gasteiger partial charge in [0.05, 0.1) is 31.6 Å². The van der Waals surface area contributed by atoms with Crippen LogP contribution in [0.4, 0.5) is 0 Å². The Hall–Kier alpha value is 0.500. The van der Waals surface area contributed by atoms with Crippen molar-refractivity contribution in [1.29, 1.82) is 0 Å². The molecule has 15 heavy (non-hydrogen) atoms. The van der Waals surface area contributed by atoms with Crippen LogP contribution < -0.4 is 35.4 Å². The van der Waals surface area contributed by atoms with E-state index in [2.05, 4.69) is 10.6 Å². The molecule has 92 valence electrons. The van der Waals surface area contributed by atoms with E-state index in [-0.39, 0.29) is 24.8 Å². The number of rotatable bonds is 2. The van der Waals surface area contributed by atoms with Crippen molar-refractivity contribution in [3.05, 3.63) is 0 Å². The van der Waals surface area contributed by atoms with E-state index in [1.165, 1.54) is 58.0 Å². The van der Waals surface area contributed by atoms with Gasteiger partial charge >= 0.3 is 0 Å². The fourth-order valence-electron chi connectivity index (χ4n) is 2.86. The average Bonchev–Trinajstić information content (AvgIpc) is 2.21. The molecule has 2 nitrogen and oxygen atoms in total. The van der Waals surface area contributed by atoms with E-state index < -0.39 is 0 Å². The van der Waals surface area contributed by atoms with E-state index in [1.807, 2.05) is 0 Å². The van der Waals surface area contributed by atoms with Gasteiger partial charge in [-0.1, -0.05) is 0 Å². The molecular weight excluding hydrogens is 231 g/mol. The maximum Gasteiger partial charge on any atom is 0.0916 e. The smallest absolute Gasteiger partial charge is 0.0916 e. The molecule has 0 spiro atoms. The number of quaternary nitrogens is 2. The summed E-state index contributed by atoms with van der Waals surface area (Å²) >= 11 is 0. The first-order valence-corrected chi connectivity index (χ1v) is 6.12. The molecule has 0 aromatic carbocycles. The number of piperidine rings is 2. The van der Waals surface area contributed by atoms with Crippen molar-refractivity contribution in [2.24, 2.45) is 0 Å². The number of hydrogen-bond acceptors (Lipinski definition) is 0. The molecule has 0 aromatic heterocycles. The normalized spacial score (nSPS) is 31.2. The maximum atomic E-state index is 2.59. The lowest BCUT2D eigenvalue weighted by molar-refractivity contribution is -0.728. The van der Waals surface area contributed by atoms with E-state index in [9.17, 15) is 0 Å². The molecule has 0 amide bonds. The molecule has 0 bridgehead atoms. The van der Waals surface area contributed by atoms with Crippen molar-refractivity contribution in [2.45, 2.75) is 57.0 Å². The Bertz CT molecular complexity index is 128. The zero-order valence-corrected chi connectivity index (χ0v) is 10.9. The molecule has 4 N–H and O–H groups in total. The Labute approximate surface area is 106 Å². The maximum absolute atomic E-state index is 2.59. The fourth-order valence-corrected chi connectivity index (χ4v) is 2.86. The van der Waals surface area contributed by atoms with Crippen LogP contribution in [0.2, 0.25) is 0 Å². The molecular formula is C11H24Cl2N2. The molecule has 2 aliphatic rings. The second kappa shape index (κ2) is 8.63. The lowest BCUT2D eigenvalue weighted by Gasteiger charge is -2.26. The zero-order valence-electron chi connectivity index (χ0n) is 9.43. The van der Waals surface area contributed by atoms with E-state index in [0.717, 1.165) is 12.1 Å². The van der Waals surface area contributed by atoms with Crippen LogP contribution in [0.5, 0.6) is 0 Å². The summed E-state index contributed by atoms with van der Waals surface area (Å²) in [6.07, 6.45) is 10.3. The fraction of sp³-hybridized carbons (Fsp3) is 1.00. The summed E-state index contributed by atoms with van der Waals surface area (Å²) in [7, 11) is 0. The predicted molar refractivity (Wildman–Crippen MR) is 53.5 cm³/mol. The molecule has 2 aliphatic heterocycles. The highest BCUT2D eigenvalue weighted by Gasteiger charge is 2.24. The highest BCUT2D eigenvalue weighted by atomic mass is 35.5. The number of hydrogen-bond donors (Lipinski definition) is 2. The third-order valence-electron chi connectivity index (χ3n) is 3.66. The zero-order chi connectivity index (χ0) is 8.93. The first-order valence-electron chi connectivity index (χ1n) is 6.12. The van der Waals surface area contributed by atoms with E-state index >= 15 is 0 Å². The van der Waals surface area contributed by atoms with Crippen molar-refractivity contribution in [3.8, 4) is 0 Å². The van der Waals surface area contributed by atoms with Gasteiger partial charge in [-0.05, 0) is 38.5 Å². The third-order valence-corrected chi connectivity index (χ3v) is 3.66. The molecule has 0 aromatic rings. The van der Waals surface area contributed by atoms with Crippen molar-refractivity contribution in [2.75, 3.05) is 13.1 Å². The summed E-state index contributed by atoms with van der Waals surface area (Å²) in [5, 5.41) is 5.18. The van der Waals surface area contributed by atoms with Gasteiger partial charge in [-0.2, -0.15) is 0 Å². The SMILES string of the molecule is C1CCC(CC2CCCC[NH2+]2)[NH2+]C1.[Cl-].[Cl-]. The Balaban J connectivity index is 0.000000980. The van der Waals surface area contributed by atoms with Crippen molar-refractivity contribution in [1.82, 2.24) is 0 Å². The van der Waals surface area contributed by atoms with Gasteiger partial charge < -0.3 is 35.4 Å². The molecule has 0 saturated carbocycles. The molecule has 2 unspecified atom stereocenters. The summed E-state index contributed by atoms with van der Waals surface area (Å²) in [6, 6.07) is 1.93. The van der Waals surface area contributed by atoms with Crippen LogP contribution >= 0.6 is 0 Å². The third kappa shape index (κ3) is 5.39. The summed E-state index contributed by atoms with van der Waals surface area (Å²) < 4.78 is 0.